The summed E-state index contributed by atoms with van der Waals surface area (Å²) in [6.07, 6.45) is -0.649. The molecule has 0 aliphatic carbocycles. The predicted octanol–water partition coefficient (Wildman–Crippen LogP) is 3.95. The Hall–Kier alpha value is -1.14. The fourth-order valence-electron chi connectivity index (χ4n) is 3.28. The van der Waals surface area contributed by atoms with Gasteiger partial charge in [-0.3, -0.25) is 14.5 Å². The van der Waals surface area contributed by atoms with E-state index < -0.39 is 34.9 Å². The largest absolute Gasteiger partial charge is 0.460 e. The van der Waals surface area contributed by atoms with Crippen molar-refractivity contribution in [1.82, 2.24) is 4.90 Å². The maximum atomic E-state index is 13.2. The highest BCUT2D eigenvalue weighted by Gasteiger charge is 2.55. The van der Waals surface area contributed by atoms with Crippen molar-refractivity contribution in [2.75, 3.05) is 6.54 Å². The minimum atomic E-state index is -0.684. The van der Waals surface area contributed by atoms with Crippen LogP contribution < -0.4 is 0 Å². The average Bonchev–Trinajstić information content (AvgIpc) is 2.71. The van der Waals surface area contributed by atoms with E-state index in [1.54, 1.807) is 0 Å². The number of nitrogens with zero attached hydrogens (tertiary/aromatic N) is 1. The number of hydrogen-bond acceptors (Lipinski definition) is 6. The zero-order valence-corrected chi connectivity index (χ0v) is 19.9. The Labute approximate surface area is 171 Å². The van der Waals surface area contributed by atoms with Crippen molar-refractivity contribution < 1.29 is 23.8 Å². The Bertz CT molecular complexity index is 572. The highest BCUT2D eigenvalue weighted by Crippen LogP contribution is 2.37. The number of rotatable bonds is 3. The molecule has 164 valence electrons. The second-order valence-electron chi connectivity index (χ2n) is 11.6. The molecule has 1 fully saturated rings. The second-order valence-corrected chi connectivity index (χ2v) is 11.6. The van der Waals surface area contributed by atoms with Gasteiger partial charge in [0.2, 0.25) is 0 Å². The summed E-state index contributed by atoms with van der Waals surface area (Å²) in [6, 6.07) is -0.684. The molecule has 1 aliphatic heterocycles. The smallest absolute Gasteiger partial charge is 0.326 e. The fourth-order valence-corrected chi connectivity index (χ4v) is 3.28. The molecule has 0 amide bonds. The van der Waals surface area contributed by atoms with Crippen LogP contribution in [0.4, 0.5) is 0 Å². The molecule has 1 heterocycles. The highest BCUT2D eigenvalue weighted by atomic mass is 16.6. The molecule has 0 spiro atoms. The number of carbonyl (C=O) groups excluding carboxylic acids is 2. The number of esters is 2. The van der Waals surface area contributed by atoms with E-state index in [1.165, 1.54) is 0 Å². The first-order valence-corrected chi connectivity index (χ1v) is 10.1. The second kappa shape index (κ2) is 7.94. The molecule has 0 bridgehead atoms. The average molecular weight is 400 g/mol. The number of likely N-dealkylation sites (tertiary alicyclic amines) is 1. The van der Waals surface area contributed by atoms with Crippen LogP contribution in [0.25, 0.3) is 0 Å². The predicted molar refractivity (Wildman–Crippen MR) is 110 cm³/mol. The van der Waals surface area contributed by atoms with Crippen molar-refractivity contribution in [3.8, 4) is 0 Å². The third kappa shape index (κ3) is 7.36. The fraction of sp³-hybridized carbons (Fsp3) is 0.909. The third-order valence-corrected chi connectivity index (χ3v) is 4.15. The minimum Gasteiger partial charge on any atom is -0.460 e. The van der Waals surface area contributed by atoms with Gasteiger partial charge in [0.05, 0.1) is 17.6 Å². The normalized spacial score (nSPS) is 24.9. The van der Waals surface area contributed by atoms with Crippen LogP contribution in [0, 0.1) is 5.92 Å². The van der Waals surface area contributed by atoms with E-state index in [0.717, 1.165) is 0 Å². The van der Waals surface area contributed by atoms with Crippen molar-refractivity contribution in [2.24, 2.45) is 5.92 Å². The minimum absolute atomic E-state index is 0.345. The van der Waals surface area contributed by atoms with E-state index in [2.05, 4.69) is 0 Å². The van der Waals surface area contributed by atoms with Gasteiger partial charge in [-0.25, -0.2) is 0 Å². The molecule has 1 saturated heterocycles. The molecular formula is C22H41NO5. The van der Waals surface area contributed by atoms with Crippen molar-refractivity contribution in [3.63, 3.8) is 0 Å². The molecule has 0 aromatic rings. The Morgan fingerprint density at radius 2 is 1.14 bits per heavy atom. The van der Waals surface area contributed by atoms with Crippen LogP contribution in [0.15, 0.2) is 0 Å². The van der Waals surface area contributed by atoms with Crippen molar-refractivity contribution in [3.05, 3.63) is 0 Å². The molecule has 1 rings (SSSR count). The van der Waals surface area contributed by atoms with Crippen LogP contribution in [0.5, 0.6) is 0 Å². The molecule has 0 N–H and O–H groups in total. The zero-order valence-electron chi connectivity index (χ0n) is 19.9. The van der Waals surface area contributed by atoms with Gasteiger partial charge in [0, 0.05) is 12.1 Å². The quantitative estimate of drug-likeness (QED) is 0.670. The number of carbonyl (C=O) groups is 2. The summed E-state index contributed by atoms with van der Waals surface area (Å²) in [4.78, 5) is 28.2. The monoisotopic (exact) mass is 399 g/mol. The van der Waals surface area contributed by atoms with Gasteiger partial charge >= 0.3 is 11.9 Å². The highest BCUT2D eigenvalue weighted by molar-refractivity contribution is 5.82. The molecular weight excluding hydrogens is 358 g/mol. The molecule has 3 unspecified atom stereocenters. The van der Waals surface area contributed by atoms with E-state index >= 15 is 0 Å². The molecule has 0 aromatic carbocycles. The zero-order chi connectivity index (χ0) is 22.3. The van der Waals surface area contributed by atoms with Crippen LogP contribution in [0.1, 0.15) is 83.1 Å². The van der Waals surface area contributed by atoms with Gasteiger partial charge in [-0.2, -0.15) is 0 Å². The van der Waals surface area contributed by atoms with E-state index in [0.29, 0.717) is 6.54 Å². The topological polar surface area (TPSA) is 65.1 Å². The first-order chi connectivity index (χ1) is 12.2. The van der Waals surface area contributed by atoms with Crippen LogP contribution in [0.3, 0.4) is 0 Å². The molecule has 0 radical (unpaired) electrons. The summed E-state index contributed by atoms with van der Waals surface area (Å²) in [5.41, 5.74) is -2.12. The number of hydrogen-bond donors (Lipinski definition) is 0. The van der Waals surface area contributed by atoms with Crippen molar-refractivity contribution in [1.29, 1.82) is 0 Å². The molecule has 3 atom stereocenters. The van der Waals surface area contributed by atoms with Gasteiger partial charge in [-0.15, -0.1) is 0 Å². The van der Waals surface area contributed by atoms with Crippen LogP contribution >= 0.6 is 0 Å². The molecule has 6 nitrogen and oxygen atoms in total. The Morgan fingerprint density at radius 3 is 1.50 bits per heavy atom. The van der Waals surface area contributed by atoms with Gasteiger partial charge in [0.1, 0.15) is 17.2 Å². The molecule has 1 aliphatic rings. The lowest BCUT2D eigenvalue weighted by Gasteiger charge is -2.39. The third-order valence-electron chi connectivity index (χ3n) is 4.15. The Balaban J connectivity index is 3.37. The van der Waals surface area contributed by atoms with Gasteiger partial charge < -0.3 is 14.2 Å². The molecule has 0 aromatic heterocycles. The van der Waals surface area contributed by atoms with Gasteiger partial charge in [-0.05, 0) is 83.1 Å². The standard InChI is InChI=1S/C22H41NO5/c1-19(2,3)23-13-14(17(24)27-21(7,8)9)16(26-20(4,5)6)15(23)18(25)28-22(10,11)12/h14-16H,13H2,1-12H3. The van der Waals surface area contributed by atoms with E-state index in [4.69, 9.17) is 14.2 Å². The summed E-state index contributed by atoms with van der Waals surface area (Å²) in [5, 5.41) is 0. The van der Waals surface area contributed by atoms with E-state index in [9.17, 15) is 9.59 Å². The summed E-state index contributed by atoms with van der Waals surface area (Å²) >= 11 is 0. The lowest BCUT2D eigenvalue weighted by molar-refractivity contribution is -0.176. The van der Waals surface area contributed by atoms with Crippen molar-refractivity contribution in [2.45, 2.75) is 118 Å². The van der Waals surface area contributed by atoms with Crippen LogP contribution in [-0.4, -0.2) is 57.9 Å². The summed E-state index contributed by atoms with van der Waals surface area (Å²) in [5.74, 6) is -1.29. The molecule has 6 heteroatoms. The van der Waals surface area contributed by atoms with Gasteiger partial charge in [0.25, 0.3) is 0 Å². The maximum absolute atomic E-state index is 13.2. The maximum Gasteiger partial charge on any atom is 0.326 e. The van der Waals surface area contributed by atoms with Gasteiger partial charge in [0.15, 0.2) is 0 Å². The Kier molecular flexibility index (Phi) is 7.06. The lowest BCUT2D eigenvalue weighted by atomic mass is 9.98. The Morgan fingerprint density at radius 1 is 0.714 bits per heavy atom. The van der Waals surface area contributed by atoms with Gasteiger partial charge in [-0.1, -0.05) is 0 Å². The summed E-state index contributed by atoms with van der Waals surface area (Å²) in [6.45, 7) is 23.3. The van der Waals surface area contributed by atoms with E-state index in [-0.39, 0.29) is 17.5 Å². The summed E-state index contributed by atoms with van der Waals surface area (Å²) < 4.78 is 17.6. The lowest BCUT2D eigenvalue weighted by Crippen LogP contribution is -2.54. The SMILES string of the molecule is CC(C)(C)OC(=O)C1CN(C(C)(C)C)C(C(=O)OC(C)(C)C)C1OC(C)(C)C. The van der Waals surface area contributed by atoms with Crippen LogP contribution in [0.2, 0.25) is 0 Å². The molecule has 28 heavy (non-hydrogen) atoms. The number of ether oxygens (including phenoxy) is 3. The van der Waals surface area contributed by atoms with Crippen LogP contribution in [-0.2, 0) is 23.8 Å². The van der Waals surface area contributed by atoms with Crippen molar-refractivity contribution >= 4 is 11.9 Å². The first kappa shape index (κ1) is 24.9. The van der Waals surface area contributed by atoms with E-state index in [1.807, 2.05) is 88.0 Å². The molecule has 0 saturated carbocycles. The summed E-state index contributed by atoms with van der Waals surface area (Å²) in [7, 11) is 0. The first-order valence-electron chi connectivity index (χ1n) is 10.1.